The second kappa shape index (κ2) is 7.26. The number of carbonyl (C=O) groups excluding carboxylic acids is 1. The first-order chi connectivity index (χ1) is 10.1. The molecule has 0 unspecified atom stereocenters. The molecule has 0 bridgehead atoms. The Morgan fingerprint density at radius 1 is 1.29 bits per heavy atom. The van der Waals surface area contributed by atoms with Gasteiger partial charge in [0.05, 0.1) is 6.54 Å². The molecular weight excluding hydrogens is 264 g/mol. The number of piperazine rings is 1. The zero-order valence-corrected chi connectivity index (χ0v) is 13.3. The summed E-state index contributed by atoms with van der Waals surface area (Å²) >= 11 is 0. The summed E-state index contributed by atoms with van der Waals surface area (Å²) in [7, 11) is 0. The van der Waals surface area contributed by atoms with Crippen LogP contribution in [0.25, 0.3) is 0 Å². The van der Waals surface area contributed by atoms with Gasteiger partial charge in [0.25, 0.3) is 0 Å². The van der Waals surface area contributed by atoms with E-state index in [1.165, 1.54) is 0 Å². The van der Waals surface area contributed by atoms with E-state index in [0.29, 0.717) is 12.6 Å². The minimum atomic E-state index is -0.476. The van der Waals surface area contributed by atoms with E-state index in [2.05, 4.69) is 26.4 Å². The zero-order valence-electron chi connectivity index (χ0n) is 13.3. The van der Waals surface area contributed by atoms with Crippen LogP contribution in [-0.2, 0) is 4.79 Å². The molecule has 2 aliphatic heterocycles. The standard InChI is InChI=1S/C16H28N4O/c1-4-16(5-2,6-3)18-15(21)13-19-7-9-20(10-8-19)14-11-17-12-14/h1,14,17H,5-13H2,2-3H3,(H,18,21). The molecule has 0 aliphatic carbocycles. The molecule has 2 N–H and O–H groups in total. The summed E-state index contributed by atoms with van der Waals surface area (Å²) in [6, 6.07) is 0.704. The van der Waals surface area contributed by atoms with E-state index < -0.39 is 5.54 Å². The van der Waals surface area contributed by atoms with Crippen molar-refractivity contribution in [1.82, 2.24) is 20.4 Å². The maximum Gasteiger partial charge on any atom is 0.235 e. The van der Waals surface area contributed by atoms with E-state index in [4.69, 9.17) is 6.42 Å². The fourth-order valence-corrected chi connectivity index (χ4v) is 2.99. The summed E-state index contributed by atoms with van der Waals surface area (Å²) in [5.74, 6) is 2.81. The number of terminal acetylenes is 1. The van der Waals surface area contributed by atoms with Gasteiger partial charge in [-0.05, 0) is 12.8 Å². The van der Waals surface area contributed by atoms with E-state index in [-0.39, 0.29) is 5.91 Å². The lowest BCUT2D eigenvalue weighted by Gasteiger charge is -2.43. The molecule has 118 valence electrons. The Bertz CT molecular complexity index is 388. The van der Waals surface area contributed by atoms with Gasteiger partial charge in [0.15, 0.2) is 0 Å². The van der Waals surface area contributed by atoms with E-state index in [9.17, 15) is 4.79 Å². The second-order valence-electron chi connectivity index (χ2n) is 6.11. The van der Waals surface area contributed by atoms with Gasteiger partial charge in [0.2, 0.25) is 5.91 Å². The quantitative estimate of drug-likeness (QED) is 0.670. The van der Waals surface area contributed by atoms with Gasteiger partial charge >= 0.3 is 0 Å². The maximum absolute atomic E-state index is 12.2. The minimum Gasteiger partial charge on any atom is -0.339 e. The van der Waals surface area contributed by atoms with Crippen LogP contribution in [0.1, 0.15) is 26.7 Å². The number of nitrogens with zero attached hydrogens (tertiary/aromatic N) is 2. The molecule has 5 heteroatoms. The second-order valence-corrected chi connectivity index (χ2v) is 6.11. The number of hydrogen-bond donors (Lipinski definition) is 2. The highest BCUT2D eigenvalue weighted by Gasteiger charge is 2.29. The van der Waals surface area contributed by atoms with Crippen molar-refractivity contribution < 1.29 is 4.79 Å². The normalized spacial score (nSPS) is 21.6. The SMILES string of the molecule is C#CC(CC)(CC)NC(=O)CN1CCN(C2CNC2)CC1. The van der Waals surface area contributed by atoms with E-state index in [1.54, 1.807) is 0 Å². The van der Waals surface area contributed by atoms with Crippen LogP contribution in [0.15, 0.2) is 0 Å². The molecule has 2 fully saturated rings. The predicted octanol–water partition coefficient (Wildman–Crippen LogP) is -0.116. The smallest absolute Gasteiger partial charge is 0.235 e. The number of amides is 1. The van der Waals surface area contributed by atoms with E-state index in [0.717, 1.165) is 52.1 Å². The van der Waals surface area contributed by atoms with Crippen molar-refractivity contribution in [3.63, 3.8) is 0 Å². The van der Waals surface area contributed by atoms with Crippen LogP contribution in [0.3, 0.4) is 0 Å². The molecule has 2 heterocycles. The molecule has 0 aromatic rings. The highest BCUT2D eigenvalue weighted by Crippen LogP contribution is 2.14. The summed E-state index contributed by atoms with van der Waals surface area (Å²) in [4.78, 5) is 17.0. The molecule has 1 amide bonds. The van der Waals surface area contributed by atoms with Gasteiger partial charge < -0.3 is 10.6 Å². The van der Waals surface area contributed by atoms with Crippen molar-refractivity contribution >= 4 is 5.91 Å². The lowest BCUT2D eigenvalue weighted by molar-refractivity contribution is -0.124. The van der Waals surface area contributed by atoms with Gasteiger partial charge in [-0.2, -0.15) is 0 Å². The molecule has 2 aliphatic rings. The van der Waals surface area contributed by atoms with Crippen molar-refractivity contribution in [2.24, 2.45) is 0 Å². The average molecular weight is 292 g/mol. The Kier molecular flexibility index (Phi) is 5.63. The van der Waals surface area contributed by atoms with E-state index >= 15 is 0 Å². The van der Waals surface area contributed by atoms with Crippen LogP contribution in [0, 0.1) is 12.3 Å². The average Bonchev–Trinajstić information content (AvgIpc) is 2.45. The van der Waals surface area contributed by atoms with Crippen molar-refractivity contribution in [1.29, 1.82) is 0 Å². The Morgan fingerprint density at radius 2 is 1.90 bits per heavy atom. The van der Waals surface area contributed by atoms with Gasteiger partial charge in [0.1, 0.15) is 5.54 Å². The fourth-order valence-electron chi connectivity index (χ4n) is 2.99. The first-order valence-electron chi connectivity index (χ1n) is 8.08. The van der Waals surface area contributed by atoms with Crippen LogP contribution in [0.5, 0.6) is 0 Å². The molecule has 0 atom stereocenters. The Morgan fingerprint density at radius 3 is 2.33 bits per heavy atom. The van der Waals surface area contributed by atoms with Crippen molar-refractivity contribution in [3.8, 4) is 12.3 Å². The maximum atomic E-state index is 12.2. The predicted molar refractivity (Wildman–Crippen MR) is 85.0 cm³/mol. The Balaban J connectivity index is 1.75. The lowest BCUT2D eigenvalue weighted by atomic mass is 9.94. The van der Waals surface area contributed by atoms with Crippen molar-refractivity contribution in [2.75, 3.05) is 45.8 Å². The summed E-state index contributed by atoms with van der Waals surface area (Å²) in [5.41, 5.74) is -0.476. The highest BCUT2D eigenvalue weighted by molar-refractivity contribution is 5.79. The van der Waals surface area contributed by atoms with Gasteiger partial charge in [0, 0.05) is 45.3 Å². The molecule has 5 nitrogen and oxygen atoms in total. The van der Waals surface area contributed by atoms with Crippen LogP contribution < -0.4 is 10.6 Å². The molecule has 21 heavy (non-hydrogen) atoms. The largest absolute Gasteiger partial charge is 0.339 e. The van der Waals surface area contributed by atoms with Gasteiger partial charge in [-0.3, -0.25) is 14.6 Å². The van der Waals surface area contributed by atoms with Gasteiger partial charge in [-0.25, -0.2) is 0 Å². The van der Waals surface area contributed by atoms with Crippen LogP contribution in [0.2, 0.25) is 0 Å². The van der Waals surface area contributed by atoms with Crippen LogP contribution in [-0.4, -0.2) is 73.1 Å². The minimum absolute atomic E-state index is 0.0513. The third kappa shape index (κ3) is 3.97. The number of hydrogen-bond acceptors (Lipinski definition) is 4. The summed E-state index contributed by atoms with van der Waals surface area (Å²) in [6.45, 7) is 10.8. The highest BCUT2D eigenvalue weighted by atomic mass is 16.2. The van der Waals surface area contributed by atoms with Crippen LogP contribution in [0.4, 0.5) is 0 Å². The van der Waals surface area contributed by atoms with Crippen molar-refractivity contribution in [3.05, 3.63) is 0 Å². The molecule has 0 radical (unpaired) electrons. The molecule has 0 spiro atoms. The third-order valence-electron chi connectivity index (χ3n) is 4.91. The fraction of sp³-hybridized carbons (Fsp3) is 0.812. The molecule has 0 aromatic heterocycles. The molecule has 2 rings (SSSR count). The Hall–Kier alpha value is -1.09. The summed E-state index contributed by atoms with van der Waals surface area (Å²) in [5, 5.41) is 6.35. The number of carbonyl (C=O) groups is 1. The third-order valence-corrected chi connectivity index (χ3v) is 4.91. The monoisotopic (exact) mass is 292 g/mol. The zero-order chi connectivity index (χ0) is 15.3. The van der Waals surface area contributed by atoms with Gasteiger partial charge in [-0.15, -0.1) is 6.42 Å². The first-order valence-corrected chi connectivity index (χ1v) is 8.08. The van der Waals surface area contributed by atoms with Crippen LogP contribution >= 0.6 is 0 Å². The topological polar surface area (TPSA) is 47.6 Å². The molecular formula is C16H28N4O. The number of rotatable bonds is 6. The summed E-state index contributed by atoms with van der Waals surface area (Å²) in [6.07, 6.45) is 7.14. The Labute approximate surface area is 128 Å². The first kappa shape index (κ1) is 16.3. The molecule has 0 aromatic carbocycles. The van der Waals surface area contributed by atoms with E-state index in [1.807, 2.05) is 13.8 Å². The summed E-state index contributed by atoms with van der Waals surface area (Å²) < 4.78 is 0. The molecule has 0 saturated carbocycles. The van der Waals surface area contributed by atoms with Crippen molar-refractivity contribution in [2.45, 2.75) is 38.3 Å². The lowest BCUT2D eigenvalue weighted by Crippen LogP contribution is -2.62. The van der Waals surface area contributed by atoms with Gasteiger partial charge in [-0.1, -0.05) is 19.8 Å². The molecule has 2 saturated heterocycles. The number of nitrogens with one attached hydrogen (secondary N) is 2.